The summed E-state index contributed by atoms with van der Waals surface area (Å²) >= 11 is 3.56. The van der Waals surface area contributed by atoms with Crippen molar-refractivity contribution in [1.82, 2.24) is 15.5 Å². The molecule has 3 nitrogen and oxygen atoms in total. The lowest BCUT2D eigenvalue weighted by atomic mass is 10.3. The summed E-state index contributed by atoms with van der Waals surface area (Å²) in [4.78, 5) is 2.66. The van der Waals surface area contributed by atoms with Crippen LogP contribution in [0, 0.1) is 0 Å². The van der Waals surface area contributed by atoms with Crippen molar-refractivity contribution in [2.24, 2.45) is 0 Å². The van der Waals surface area contributed by atoms with E-state index in [1.165, 1.54) is 9.75 Å². The number of hydrogen-bond acceptors (Lipinski definition) is 5. The number of rotatable bonds is 7. The minimum atomic E-state index is 0.559. The molecule has 5 heteroatoms. The molecule has 0 atom stereocenters. The van der Waals surface area contributed by atoms with Gasteiger partial charge in [-0.15, -0.1) is 21.5 Å². The Balaban J connectivity index is 1.88. The summed E-state index contributed by atoms with van der Waals surface area (Å²) < 4.78 is 0. The number of aryl methyl sites for hydroxylation is 2. The SMILES string of the molecule is CCc1ccc(-c2nnc(CCCNC(C)C)s2)s1. The zero-order valence-corrected chi connectivity index (χ0v) is 13.4. The third-order valence-electron chi connectivity index (χ3n) is 2.81. The van der Waals surface area contributed by atoms with Crippen LogP contribution in [0.4, 0.5) is 0 Å². The minimum Gasteiger partial charge on any atom is -0.315 e. The van der Waals surface area contributed by atoms with Crippen molar-refractivity contribution in [2.45, 2.75) is 46.1 Å². The van der Waals surface area contributed by atoms with Crippen molar-refractivity contribution in [3.8, 4) is 9.88 Å². The third kappa shape index (κ3) is 4.37. The number of nitrogens with one attached hydrogen (secondary N) is 1. The Kier molecular flexibility index (Phi) is 5.48. The van der Waals surface area contributed by atoms with E-state index in [4.69, 9.17) is 0 Å². The van der Waals surface area contributed by atoms with Crippen molar-refractivity contribution in [3.05, 3.63) is 22.0 Å². The van der Waals surface area contributed by atoms with Crippen LogP contribution in [0.5, 0.6) is 0 Å². The van der Waals surface area contributed by atoms with Crippen LogP contribution in [0.3, 0.4) is 0 Å². The van der Waals surface area contributed by atoms with Gasteiger partial charge in [0.25, 0.3) is 0 Å². The van der Waals surface area contributed by atoms with Gasteiger partial charge < -0.3 is 5.32 Å². The van der Waals surface area contributed by atoms with E-state index >= 15 is 0 Å². The highest BCUT2D eigenvalue weighted by atomic mass is 32.1. The monoisotopic (exact) mass is 295 g/mol. The zero-order valence-electron chi connectivity index (χ0n) is 11.8. The Morgan fingerprint density at radius 3 is 2.74 bits per heavy atom. The van der Waals surface area contributed by atoms with Crippen LogP contribution in [-0.2, 0) is 12.8 Å². The second-order valence-corrected chi connectivity index (χ2v) is 7.06. The molecule has 0 aromatic carbocycles. The molecule has 0 unspecified atom stereocenters. The average molecular weight is 295 g/mol. The first-order chi connectivity index (χ1) is 9.19. The van der Waals surface area contributed by atoms with Crippen LogP contribution < -0.4 is 5.32 Å². The Hall–Kier alpha value is -0.780. The van der Waals surface area contributed by atoms with Gasteiger partial charge in [-0.05, 0) is 31.5 Å². The third-order valence-corrected chi connectivity index (χ3v) is 5.19. The molecule has 19 heavy (non-hydrogen) atoms. The number of nitrogens with zero attached hydrogens (tertiary/aromatic N) is 2. The quantitative estimate of drug-likeness (QED) is 0.790. The van der Waals surface area contributed by atoms with Gasteiger partial charge in [-0.3, -0.25) is 0 Å². The highest BCUT2D eigenvalue weighted by molar-refractivity contribution is 7.21. The topological polar surface area (TPSA) is 37.8 Å². The second-order valence-electron chi connectivity index (χ2n) is 4.83. The summed E-state index contributed by atoms with van der Waals surface area (Å²) in [5, 5.41) is 14.2. The Labute approximate surface area is 123 Å². The van der Waals surface area contributed by atoms with E-state index in [2.05, 4.69) is 48.4 Å². The van der Waals surface area contributed by atoms with Crippen LogP contribution in [0.25, 0.3) is 9.88 Å². The van der Waals surface area contributed by atoms with E-state index in [1.54, 1.807) is 11.3 Å². The maximum absolute atomic E-state index is 4.31. The summed E-state index contributed by atoms with van der Waals surface area (Å²) in [6, 6.07) is 4.91. The lowest BCUT2D eigenvalue weighted by molar-refractivity contribution is 0.569. The molecule has 0 fully saturated rings. The van der Waals surface area contributed by atoms with Crippen LogP contribution in [0.15, 0.2) is 12.1 Å². The van der Waals surface area contributed by atoms with E-state index in [0.29, 0.717) is 6.04 Å². The van der Waals surface area contributed by atoms with Crippen LogP contribution in [0.1, 0.15) is 37.1 Å². The molecule has 0 aliphatic heterocycles. The van der Waals surface area contributed by atoms with Gasteiger partial charge >= 0.3 is 0 Å². The number of aromatic nitrogens is 2. The Bertz CT molecular complexity index is 502. The van der Waals surface area contributed by atoms with Gasteiger partial charge in [0, 0.05) is 17.3 Å². The Morgan fingerprint density at radius 2 is 2.05 bits per heavy atom. The van der Waals surface area contributed by atoms with Gasteiger partial charge in [-0.2, -0.15) is 0 Å². The van der Waals surface area contributed by atoms with E-state index < -0.39 is 0 Å². The maximum Gasteiger partial charge on any atom is 0.157 e. The van der Waals surface area contributed by atoms with Gasteiger partial charge in [0.1, 0.15) is 5.01 Å². The molecule has 2 heterocycles. The smallest absolute Gasteiger partial charge is 0.157 e. The molecule has 2 aromatic heterocycles. The van der Waals surface area contributed by atoms with E-state index in [9.17, 15) is 0 Å². The molecule has 0 spiro atoms. The standard InChI is InChI=1S/C14H21N3S2/c1-4-11-7-8-12(18-11)14-17-16-13(19-14)6-5-9-15-10(2)3/h7-8,10,15H,4-6,9H2,1-3H3. The van der Waals surface area contributed by atoms with Crippen LogP contribution in [-0.4, -0.2) is 22.8 Å². The van der Waals surface area contributed by atoms with Crippen molar-refractivity contribution in [1.29, 1.82) is 0 Å². The molecule has 0 radical (unpaired) electrons. The highest BCUT2D eigenvalue weighted by Crippen LogP contribution is 2.30. The summed E-state index contributed by atoms with van der Waals surface area (Å²) in [7, 11) is 0. The lowest BCUT2D eigenvalue weighted by Gasteiger charge is -2.05. The predicted molar refractivity (Wildman–Crippen MR) is 84.1 cm³/mol. The molecule has 0 bridgehead atoms. The minimum absolute atomic E-state index is 0.559. The summed E-state index contributed by atoms with van der Waals surface area (Å²) in [6.07, 6.45) is 3.23. The van der Waals surface area contributed by atoms with E-state index in [0.717, 1.165) is 35.8 Å². The van der Waals surface area contributed by atoms with Gasteiger partial charge in [-0.1, -0.05) is 32.1 Å². The Morgan fingerprint density at radius 1 is 1.21 bits per heavy atom. The van der Waals surface area contributed by atoms with Gasteiger partial charge in [0.15, 0.2) is 5.01 Å². The summed E-state index contributed by atoms with van der Waals surface area (Å²) in [5.74, 6) is 0. The van der Waals surface area contributed by atoms with Crippen molar-refractivity contribution in [2.75, 3.05) is 6.54 Å². The van der Waals surface area contributed by atoms with Gasteiger partial charge in [-0.25, -0.2) is 0 Å². The molecule has 0 aliphatic rings. The van der Waals surface area contributed by atoms with E-state index in [1.807, 2.05) is 11.3 Å². The lowest BCUT2D eigenvalue weighted by Crippen LogP contribution is -2.23. The summed E-state index contributed by atoms with van der Waals surface area (Å²) in [6.45, 7) is 7.57. The van der Waals surface area contributed by atoms with E-state index in [-0.39, 0.29) is 0 Å². The molecular formula is C14H21N3S2. The normalized spacial score (nSPS) is 11.4. The van der Waals surface area contributed by atoms with Crippen molar-refractivity contribution < 1.29 is 0 Å². The first-order valence-corrected chi connectivity index (χ1v) is 8.47. The largest absolute Gasteiger partial charge is 0.315 e. The fourth-order valence-electron chi connectivity index (χ4n) is 1.77. The number of hydrogen-bond donors (Lipinski definition) is 1. The van der Waals surface area contributed by atoms with Gasteiger partial charge in [0.2, 0.25) is 0 Å². The fourth-order valence-corrected chi connectivity index (χ4v) is 3.65. The molecule has 0 saturated carbocycles. The first-order valence-electron chi connectivity index (χ1n) is 6.84. The molecule has 0 amide bonds. The first kappa shape index (κ1) is 14.6. The van der Waals surface area contributed by atoms with Gasteiger partial charge in [0.05, 0.1) is 4.88 Å². The maximum atomic E-state index is 4.31. The number of thiophene rings is 1. The molecule has 1 N–H and O–H groups in total. The van der Waals surface area contributed by atoms with Crippen molar-refractivity contribution >= 4 is 22.7 Å². The molecular weight excluding hydrogens is 274 g/mol. The fraction of sp³-hybridized carbons (Fsp3) is 0.571. The zero-order chi connectivity index (χ0) is 13.7. The predicted octanol–water partition coefficient (Wildman–Crippen LogP) is 3.76. The second kappa shape index (κ2) is 7.12. The highest BCUT2D eigenvalue weighted by Gasteiger charge is 2.08. The molecule has 0 aliphatic carbocycles. The van der Waals surface area contributed by atoms with Crippen LogP contribution >= 0.6 is 22.7 Å². The molecule has 2 aromatic rings. The molecule has 2 rings (SSSR count). The average Bonchev–Trinajstić information content (AvgIpc) is 3.02. The molecule has 104 valence electrons. The van der Waals surface area contributed by atoms with Crippen LogP contribution in [0.2, 0.25) is 0 Å². The summed E-state index contributed by atoms with van der Waals surface area (Å²) in [5.41, 5.74) is 0. The molecule has 0 saturated heterocycles. The van der Waals surface area contributed by atoms with Crippen molar-refractivity contribution in [3.63, 3.8) is 0 Å².